The molecule has 0 aliphatic rings. The molecular weight excluding hydrogens is 204 g/mol. The molecule has 0 aromatic heterocycles. The van der Waals surface area contributed by atoms with Crippen molar-refractivity contribution in [3.8, 4) is 0 Å². The molecule has 0 bridgehead atoms. The zero-order chi connectivity index (χ0) is 12.4. The topological polar surface area (TPSA) is 66.6 Å². The Hall–Kier alpha value is -0.610. The summed E-state index contributed by atoms with van der Waals surface area (Å²) < 4.78 is 0. The number of hydrogen-bond acceptors (Lipinski definition) is 3. The molecule has 0 aromatic carbocycles. The third-order valence-electron chi connectivity index (χ3n) is 2.63. The van der Waals surface area contributed by atoms with E-state index in [4.69, 9.17) is 10.8 Å². The molecule has 0 radical (unpaired) electrons. The highest BCUT2D eigenvalue weighted by Crippen LogP contribution is 2.03. The predicted molar refractivity (Wildman–Crippen MR) is 66.1 cm³/mol. The van der Waals surface area contributed by atoms with Crippen LogP contribution in [0, 0.1) is 0 Å². The third kappa shape index (κ3) is 8.68. The predicted octanol–water partition coefficient (Wildman–Crippen LogP) is 1.12. The maximum atomic E-state index is 11.6. The molecule has 4 nitrogen and oxygen atoms in total. The molecule has 0 spiro atoms. The van der Waals surface area contributed by atoms with Crippen LogP contribution in [0.3, 0.4) is 0 Å². The number of hydrogen-bond donors (Lipinski definition) is 2. The van der Waals surface area contributed by atoms with Gasteiger partial charge < -0.3 is 15.7 Å². The number of carbonyl (C=O) groups excluding carboxylic acids is 1. The van der Waals surface area contributed by atoms with Crippen LogP contribution < -0.4 is 5.73 Å². The second-order valence-electron chi connectivity index (χ2n) is 4.47. The van der Waals surface area contributed by atoms with Crippen LogP contribution >= 0.6 is 0 Å². The Balaban J connectivity index is 3.49. The van der Waals surface area contributed by atoms with Crippen molar-refractivity contribution in [2.45, 2.75) is 51.5 Å². The van der Waals surface area contributed by atoms with E-state index < -0.39 is 0 Å². The van der Waals surface area contributed by atoms with Crippen LogP contribution in [0.25, 0.3) is 0 Å². The first-order valence-corrected chi connectivity index (χ1v) is 6.18. The largest absolute Gasteiger partial charge is 0.396 e. The fraction of sp³-hybridized carbons (Fsp3) is 0.917. The average molecular weight is 230 g/mol. The van der Waals surface area contributed by atoms with Crippen LogP contribution in [0.2, 0.25) is 0 Å². The maximum Gasteiger partial charge on any atom is 0.222 e. The Kier molecular flexibility index (Phi) is 9.24. The van der Waals surface area contributed by atoms with Gasteiger partial charge in [-0.25, -0.2) is 0 Å². The maximum absolute atomic E-state index is 11.6. The molecule has 1 atom stereocenters. The van der Waals surface area contributed by atoms with E-state index in [1.165, 1.54) is 0 Å². The van der Waals surface area contributed by atoms with Gasteiger partial charge in [0.2, 0.25) is 5.91 Å². The van der Waals surface area contributed by atoms with Crippen molar-refractivity contribution in [1.82, 2.24) is 4.90 Å². The fourth-order valence-corrected chi connectivity index (χ4v) is 1.53. The molecule has 0 saturated heterocycles. The lowest BCUT2D eigenvalue weighted by molar-refractivity contribution is -0.130. The highest BCUT2D eigenvalue weighted by Gasteiger charge is 2.08. The number of carbonyl (C=O) groups is 1. The summed E-state index contributed by atoms with van der Waals surface area (Å²) in [4.78, 5) is 13.4. The molecule has 16 heavy (non-hydrogen) atoms. The van der Waals surface area contributed by atoms with Crippen LogP contribution in [-0.2, 0) is 4.79 Å². The summed E-state index contributed by atoms with van der Waals surface area (Å²) in [5.74, 6) is 0.199. The molecule has 0 aliphatic carbocycles. The zero-order valence-corrected chi connectivity index (χ0v) is 10.6. The van der Waals surface area contributed by atoms with E-state index in [-0.39, 0.29) is 18.6 Å². The van der Waals surface area contributed by atoms with Crippen molar-refractivity contribution >= 4 is 5.91 Å². The van der Waals surface area contributed by atoms with E-state index in [1.54, 1.807) is 4.90 Å². The monoisotopic (exact) mass is 230 g/mol. The molecule has 0 aliphatic heterocycles. The van der Waals surface area contributed by atoms with Gasteiger partial charge in [-0.05, 0) is 39.0 Å². The Morgan fingerprint density at radius 3 is 2.56 bits per heavy atom. The lowest BCUT2D eigenvalue weighted by Gasteiger charge is -2.17. The van der Waals surface area contributed by atoms with Gasteiger partial charge in [0.25, 0.3) is 0 Å². The van der Waals surface area contributed by atoms with Gasteiger partial charge in [-0.15, -0.1) is 0 Å². The van der Waals surface area contributed by atoms with E-state index >= 15 is 0 Å². The molecule has 0 rings (SSSR count). The van der Waals surface area contributed by atoms with Gasteiger partial charge in [0.05, 0.1) is 0 Å². The molecule has 1 unspecified atom stereocenters. The van der Waals surface area contributed by atoms with Gasteiger partial charge in [-0.1, -0.05) is 0 Å². The summed E-state index contributed by atoms with van der Waals surface area (Å²) in [6.45, 7) is 2.99. The number of nitrogens with zero attached hydrogens (tertiary/aromatic N) is 1. The van der Waals surface area contributed by atoms with Crippen molar-refractivity contribution in [2.24, 2.45) is 5.73 Å². The van der Waals surface area contributed by atoms with Crippen molar-refractivity contribution in [3.63, 3.8) is 0 Å². The SMILES string of the molecule is CC(N)CCCC(=O)N(C)CCCCCO. The Labute approximate surface area is 98.8 Å². The number of nitrogens with two attached hydrogens (primary N) is 1. The van der Waals surface area contributed by atoms with Gasteiger partial charge in [-0.3, -0.25) is 4.79 Å². The summed E-state index contributed by atoms with van der Waals surface area (Å²) in [6, 6.07) is 0.183. The van der Waals surface area contributed by atoms with E-state index in [9.17, 15) is 4.79 Å². The fourth-order valence-electron chi connectivity index (χ4n) is 1.53. The van der Waals surface area contributed by atoms with Crippen LogP contribution in [0.5, 0.6) is 0 Å². The summed E-state index contributed by atoms with van der Waals surface area (Å²) in [5, 5.41) is 8.62. The molecule has 96 valence electrons. The van der Waals surface area contributed by atoms with Crippen molar-refractivity contribution in [1.29, 1.82) is 0 Å². The number of aliphatic hydroxyl groups excluding tert-OH is 1. The summed E-state index contributed by atoms with van der Waals surface area (Å²) in [7, 11) is 1.84. The standard InChI is InChI=1S/C12H26N2O2/c1-11(13)7-6-8-12(16)14(2)9-4-3-5-10-15/h11,15H,3-10,13H2,1-2H3. The molecule has 1 amide bonds. The van der Waals surface area contributed by atoms with Gasteiger partial charge in [0, 0.05) is 32.7 Å². The Morgan fingerprint density at radius 1 is 1.31 bits per heavy atom. The second kappa shape index (κ2) is 9.60. The highest BCUT2D eigenvalue weighted by molar-refractivity contribution is 5.75. The van der Waals surface area contributed by atoms with Gasteiger partial charge in [0.1, 0.15) is 0 Å². The van der Waals surface area contributed by atoms with Crippen molar-refractivity contribution < 1.29 is 9.90 Å². The minimum absolute atomic E-state index is 0.183. The molecule has 0 saturated carbocycles. The van der Waals surface area contributed by atoms with E-state index in [0.717, 1.165) is 38.6 Å². The number of unbranched alkanes of at least 4 members (excludes halogenated alkanes) is 2. The van der Waals surface area contributed by atoms with E-state index in [0.29, 0.717) is 6.42 Å². The van der Waals surface area contributed by atoms with Crippen LogP contribution in [0.1, 0.15) is 45.4 Å². The van der Waals surface area contributed by atoms with Crippen LogP contribution in [-0.4, -0.2) is 42.2 Å². The average Bonchev–Trinajstić information content (AvgIpc) is 2.23. The minimum Gasteiger partial charge on any atom is -0.396 e. The number of rotatable bonds is 9. The first kappa shape index (κ1) is 15.4. The summed E-state index contributed by atoms with van der Waals surface area (Å²) in [6.07, 6.45) is 5.15. The van der Waals surface area contributed by atoms with Crippen LogP contribution in [0.15, 0.2) is 0 Å². The Bertz CT molecular complexity index is 184. The number of aliphatic hydroxyl groups is 1. The summed E-state index contributed by atoms with van der Waals surface area (Å²) in [5.41, 5.74) is 5.62. The van der Waals surface area contributed by atoms with Crippen molar-refractivity contribution in [2.75, 3.05) is 20.2 Å². The minimum atomic E-state index is 0.183. The normalized spacial score (nSPS) is 12.5. The zero-order valence-electron chi connectivity index (χ0n) is 10.6. The van der Waals surface area contributed by atoms with E-state index in [2.05, 4.69) is 0 Å². The molecule has 0 fully saturated rings. The first-order chi connectivity index (χ1) is 7.57. The number of amides is 1. The molecule has 0 aromatic rings. The second-order valence-corrected chi connectivity index (χ2v) is 4.47. The highest BCUT2D eigenvalue weighted by atomic mass is 16.2. The smallest absolute Gasteiger partial charge is 0.222 e. The quantitative estimate of drug-likeness (QED) is 0.583. The van der Waals surface area contributed by atoms with Gasteiger partial charge in [0.15, 0.2) is 0 Å². The Morgan fingerprint density at radius 2 is 2.00 bits per heavy atom. The molecule has 0 heterocycles. The molecule has 3 N–H and O–H groups in total. The van der Waals surface area contributed by atoms with Crippen LogP contribution in [0.4, 0.5) is 0 Å². The molecule has 4 heteroatoms. The first-order valence-electron chi connectivity index (χ1n) is 6.18. The van der Waals surface area contributed by atoms with Crippen molar-refractivity contribution in [3.05, 3.63) is 0 Å². The van der Waals surface area contributed by atoms with E-state index in [1.807, 2.05) is 14.0 Å². The van der Waals surface area contributed by atoms with Gasteiger partial charge >= 0.3 is 0 Å². The molecular formula is C12H26N2O2. The summed E-state index contributed by atoms with van der Waals surface area (Å²) >= 11 is 0. The lowest BCUT2D eigenvalue weighted by Crippen LogP contribution is -2.28. The lowest BCUT2D eigenvalue weighted by atomic mass is 10.1. The van der Waals surface area contributed by atoms with Gasteiger partial charge in [-0.2, -0.15) is 0 Å². The third-order valence-corrected chi connectivity index (χ3v) is 2.63.